The first-order valence-corrected chi connectivity index (χ1v) is 7.21. The summed E-state index contributed by atoms with van der Waals surface area (Å²) in [6.45, 7) is 5.70. The quantitative estimate of drug-likeness (QED) is 0.848. The number of nitrogens with zero attached hydrogens (tertiary/aromatic N) is 1. The van der Waals surface area contributed by atoms with Crippen LogP contribution in [-0.2, 0) is 9.59 Å². The smallest absolute Gasteiger partial charge is 0.259 e. The molecule has 6 heteroatoms. The van der Waals surface area contributed by atoms with E-state index in [1.165, 1.54) is 23.1 Å². The number of rotatable bonds is 5. The number of nitrogens with one attached hydrogen (secondary N) is 1. The second-order valence-corrected chi connectivity index (χ2v) is 6.41. The average Bonchev–Trinajstić information content (AvgIpc) is 2.44. The van der Waals surface area contributed by atoms with Crippen LogP contribution in [0.5, 0.6) is 5.75 Å². The standard InChI is InChI=1S/C17H23FN2O3/c1-17(2,3)9-8-15(21)19-14-7-6-12(10-13(14)18)23-11-16(22)20(4)5/h6-10H,11H2,1-5H3,(H,19,21). The zero-order valence-electron chi connectivity index (χ0n) is 14.1. The van der Waals surface area contributed by atoms with E-state index in [4.69, 9.17) is 4.74 Å². The molecule has 0 unspecified atom stereocenters. The van der Waals surface area contributed by atoms with Crippen LogP contribution in [0.4, 0.5) is 10.1 Å². The van der Waals surface area contributed by atoms with Crippen molar-refractivity contribution >= 4 is 17.5 Å². The Kier molecular flexibility index (Phi) is 6.30. The van der Waals surface area contributed by atoms with Crippen molar-refractivity contribution in [3.8, 4) is 5.75 Å². The Morgan fingerprint density at radius 1 is 1.30 bits per heavy atom. The number of halogens is 1. The van der Waals surface area contributed by atoms with Gasteiger partial charge in [0.2, 0.25) is 5.91 Å². The van der Waals surface area contributed by atoms with Gasteiger partial charge in [-0.05, 0) is 23.6 Å². The summed E-state index contributed by atoms with van der Waals surface area (Å²) < 4.78 is 19.2. The van der Waals surface area contributed by atoms with Crippen LogP contribution in [0.1, 0.15) is 20.8 Å². The summed E-state index contributed by atoms with van der Waals surface area (Å²) >= 11 is 0. The number of amides is 2. The van der Waals surface area contributed by atoms with E-state index in [9.17, 15) is 14.0 Å². The number of likely N-dealkylation sites (N-methyl/N-ethyl adjacent to an activating group) is 1. The number of hydrogen-bond donors (Lipinski definition) is 1. The minimum Gasteiger partial charge on any atom is -0.484 e. The minimum absolute atomic E-state index is 0.0554. The van der Waals surface area contributed by atoms with Gasteiger partial charge in [0.1, 0.15) is 11.6 Å². The highest BCUT2D eigenvalue weighted by molar-refractivity contribution is 5.99. The third-order valence-corrected chi connectivity index (χ3v) is 2.79. The average molecular weight is 322 g/mol. The molecule has 0 heterocycles. The lowest BCUT2D eigenvalue weighted by molar-refractivity contribution is -0.130. The Balaban J connectivity index is 2.68. The molecular formula is C17H23FN2O3. The maximum Gasteiger partial charge on any atom is 0.259 e. The molecule has 23 heavy (non-hydrogen) atoms. The van der Waals surface area contributed by atoms with Crippen LogP contribution in [0, 0.1) is 11.2 Å². The number of allylic oxidation sites excluding steroid dienone is 1. The lowest BCUT2D eigenvalue weighted by Gasteiger charge is -2.12. The van der Waals surface area contributed by atoms with E-state index >= 15 is 0 Å². The maximum atomic E-state index is 14.0. The van der Waals surface area contributed by atoms with E-state index in [1.54, 1.807) is 20.2 Å². The van der Waals surface area contributed by atoms with E-state index in [0.717, 1.165) is 6.07 Å². The molecule has 0 aromatic heterocycles. The van der Waals surface area contributed by atoms with Crippen LogP contribution in [0.15, 0.2) is 30.4 Å². The van der Waals surface area contributed by atoms with Gasteiger partial charge in [0.25, 0.3) is 5.91 Å². The Morgan fingerprint density at radius 3 is 2.48 bits per heavy atom. The fourth-order valence-corrected chi connectivity index (χ4v) is 1.46. The maximum absolute atomic E-state index is 14.0. The van der Waals surface area contributed by atoms with E-state index in [0.29, 0.717) is 0 Å². The SMILES string of the molecule is CN(C)C(=O)COc1ccc(NC(=O)C=CC(C)(C)C)c(F)c1. The third-order valence-electron chi connectivity index (χ3n) is 2.79. The highest BCUT2D eigenvalue weighted by atomic mass is 19.1. The number of hydrogen-bond acceptors (Lipinski definition) is 3. The van der Waals surface area contributed by atoms with Gasteiger partial charge >= 0.3 is 0 Å². The van der Waals surface area contributed by atoms with Gasteiger partial charge in [-0.1, -0.05) is 26.8 Å². The molecule has 2 amide bonds. The van der Waals surface area contributed by atoms with Crippen LogP contribution in [0.25, 0.3) is 0 Å². The molecule has 0 aliphatic heterocycles. The van der Waals surface area contributed by atoms with Crippen molar-refractivity contribution in [3.63, 3.8) is 0 Å². The molecular weight excluding hydrogens is 299 g/mol. The summed E-state index contributed by atoms with van der Waals surface area (Å²) in [5.41, 5.74) is -0.0770. The van der Waals surface area contributed by atoms with Crippen molar-refractivity contribution in [2.75, 3.05) is 26.0 Å². The molecule has 0 aliphatic rings. The number of carbonyl (C=O) groups excluding carboxylic acids is 2. The van der Waals surface area contributed by atoms with Crippen molar-refractivity contribution in [2.45, 2.75) is 20.8 Å². The molecule has 0 saturated heterocycles. The minimum atomic E-state index is -0.627. The monoisotopic (exact) mass is 322 g/mol. The van der Waals surface area contributed by atoms with E-state index in [1.807, 2.05) is 20.8 Å². The van der Waals surface area contributed by atoms with Crippen molar-refractivity contribution < 1.29 is 18.7 Å². The molecule has 1 N–H and O–H groups in total. The number of anilines is 1. The highest BCUT2D eigenvalue weighted by Crippen LogP contribution is 2.21. The molecule has 0 spiro atoms. The first kappa shape index (κ1) is 18.7. The van der Waals surface area contributed by atoms with Gasteiger partial charge in [0.05, 0.1) is 5.69 Å². The molecule has 0 aliphatic carbocycles. The largest absolute Gasteiger partial charge is 0.484 e. The van der Waals surface area contributed by atoms with Crippen LogP contribution >= 0.6 is 0 Å². The number of benzene rings is 1. The van der Waals surface area contributed by atoms with Crippen LogP contribution in [-0.4, -0.2) is 37.4 Å². The second-order valence-electron chi connectivity index (χ2n) is 6.41. The highest BCUT2D eigenvalue weighted by Gasteiger charge is 2.10. The summed E-state index contributed by atoms with van der Waals surface area (Å²) in [5, 5.41) is 2.46. The molecule has 0 bridgehead atoms. The summed E-state index contributed by atoms with van der Waals surface area (Å²) in [6, 6.07) is 4.02. The van der Waals surface area contributed by atoms with Gasteiger partial charge < -0.3 is 15.0 Å². The van der Waals surface area contributed by atoms with Gasteiger partial charge in [-0.25, -0.2) is 4.39 Å². The van der Waals surface area contributed by atoms with Crippen molar-refractivity contribution in [1.82, 2.24) is 4.90 Å². The predicted octanol–water partition coefficient (Wildman–Crippen LogP) is 2.83. The predicted molar refractivity (Wildman–Crippen MR) is 87.8 cm³/mol. The van der Waals surface area contributed by atoms with Crippen LogP contribution in [0.3, 0.4) is 0 Å². The molecule has 0 saturated carbocycles. The topological polar surface area (TPSA) is 58.6 Å². The van der Waals surface area contributed by atoms with Gasteiger partial charge in [-0.2, -0.15) is 0 Å². The van der Waals surface area contributed by atoms with Gasteiger partial charge in [-0.15, -0.1) is 0 Å². The van der Waals surface area contributed by atoms with Crippen LogP contribution < -0.4 is 10.1 Å². The first-order valence-electron chi connectivity index (χ1n) is 7.21. The second kappa shape index (κ2) is 7.76. The normalized spacial score (nSPS) is 11.4. The Hall–Kier alpha value is -2.37. The molecule has 1 rings (SSSR count). The van der Waals surface area contributed by atoms with Gasteiger partial charge in [-0.3, -0.25) is 9.59 Å². The molecule has 1 aromatic carbocycles. The van der Waals surface area contributed by atoms with Gasteiger partial charge in [0.15, 0.2) is 6.61 Å². The fraction of sp³-hybridized carbons (Fsp3) is 0.412. The molecule has 126 valence electrons. The van der Waals surface area contributed by atoms with E-state index < -0.39 is 11.7 Å². The van der Waals surface area contributed by atoms with E-state index in [-0.39, 0.29) is 29.4 Å². The summed E-state index contributed by atoms with van der Waals surface area (Å²) in [4.78, 5) is 24.5. The molecule has 0 atom stereocenters. The third kappa shape index (κ3) is 6.95. The van der Waals surface area contributed by atoms with E-state index in [2.05, 4.69) is 5.32 Å². The Bertz CT molecular complexity index is 604. The van der Waals surface area contributed by atoms with Crippen molar-refractivity contribution in [2.24, 2.45) is 5.41 Å². The van der Waals surface area contributed by atoms with Crippen molar-refractivity contribution in [1.29, 1.82) is 0 Å². The molecule has 0 radical (unpaired) electrons. The van der Waals surface area contributed by atoms with Crippen molar-refractivity contribution in [3.05, 3.63) is 36.2 Å². The molecule has 0 fully saturated rings. The number of carbonyl (C=O) groups is 2. The Morgan fingerprint density at radius 2 is 1.96 bits per heavy atom. The zero-order valence-corrected chi connectivity index (χ0v) is 14.1. The fourth-order valence-electron chi connectivity index (χ4n) is 1.46. The Labute approximate surface area is 136 Å². The zero-order chi connectivity index (χ0) is 17.6. The number of ether oxygens (including phenoxy) is 1. The van der Waals surface area contributed by atoms with Gasteiger partial charge in [0, 0.05) is 20.2 Å². The summed E-state index contributed by atoms with van der Waals surface area (Å²) in [6.07, 6.45) is 3.12. The first-order chi connectivity index (χ1) is 10.6. The summed E-state index contributed by atoms with van der Waals surface area (Å²) in [7, 11) is 3.21. The lowest BCUT2D eigenvalue weighted by Crippen LogP contribution is -2.27. The molecule has 1 aromatic rings. The summed E-state index contributed by atoms with van der Waals surface area (Å²) in [5.74, 6) is -1.04. The molecule has 5 nitrogen and oxygen atoms in total. The lowest BCUT2D eigenvalue weighted by atomic mass is 9.96. The van der Waals surface area contributed by atoms with Crippen LogP contribution in [0.2, 0.25) is 0 Å².